The first-order valence-electron chi connectivity index (χ1n) is 11.2. The van der Waals surface area contributed by atoms with E-state index in [0.717, 1.165) is 5.56 Å². The molecule has 1 rings (SSSR count). The fraction of sp³-hybridized carbons (Fsp3) is 0.520. The normalized spacial score (nSPS) is 15.3. The molecule has 0 bridgehead atoms. The van der Waals surface area contributed by atoms with Gasteiger partial charge in [0.2, 0.25) is 11.8 Å². The number of hydrogen-bond donors (Lipinski definition) is 2. The number of amides is 2. The second-order valence-corrected chi connectivity index (χ2v) is 8.11. The van der Waals surface area contributed by atoms with Crippen LogP contribution in [0.4, 0.5) is 0 Å². The lowest BCUT2D eigenvalue weighted by molar-refractivity contribution is -0.147. The van der Waals surface area contributed by atoms with E-state index in [-0.39, 0.29) is 24.3 Å². The number of carbonyl (C=O) groups is 3. The second kappa shape index (κ2) is 14.2. The molecule has 0 fully saturated rings. The van der Waals surface area contributed by atoms with Crippen molar-refractivity contribution < 1.29 is 19.1 Å². The Bertz CT molecular complexity index is 790. The molecule has 4 unspecified atom stereocenters. The zero-order chi connectivity index (χ0) is 24.1. The summed E-state index contributed by atoms with van der Waals surface area (Å²) in [4.78, 5) is 42.1. The Hall–Kier alpha value is -2.96. The molecule has 0 spiro atoms. The molecule has 0 aliphatic rings. The summed E-state index contributed by atoms with van der Waals surface area (Å²) in [5, 5.41) is 5.49. The first-order valence-corrected chi connectivity index (χ1v) is 11.2. The van der Waals surface area contributed by atoms with Gasteiger partial charge in [0.15, 0.2) is 0 Å². The fourth-order valence-corrected chi connectivity index (χ4v) is 2.97. The van der Waals surface area contributed by atoms with Gasteiger partial charge in [-0.1, -0.05) is 70.5 Å². The molecule has 4 atom stereocenters. The highest BCUT2D eigenvalue weighted by molar-refractivity contribution is 5.93. The minimum absolute atomic E-state index is 0.0597. The van der Waals surface area contributed by atoms with Gasteiger partial charge in [0.05, 0.1) is 6.61 Å². The first kappa shape index (κ1) is 27.1. The average Bonchev–Trinajstić information content (AvgIpc) is 2.77. The molecular weight excluding hydrogens is 406 g/mol. The van der Waals surface area contributed by atoms with E-state index in [1.54, 1.807) is 26.1 Å². The summed E-state index contributed by atoms with van der Waals surface area (Å²) in [6, 6.07) is 7.58. The Morgan fingerprint density at radius 1 is 1.00 bits per heavy atom. The molecule has 32 heavy (non-hydrogen) atoms. The van der Waals surface area contributed by atoms with Gasteiger partial charge in [0.1, 0.15) is 18.1 Å². The molecule has 1 aromatic carbocycles. The zero-order valence-corrected chi connectivity index (χ0v) is 20.0. The predicted molar refractivity (Wildman–Crippen MR) is 128 cm³/mol. The molecule has 0 aromatic heterocycles. The van der Waals surface area contributed by atoms with Gasteiger partial charge in [0.25, 0.3) is 0 Å². The summed E-state index contributed by atoms with van der Waals surface area (Å²) >= 11 is 0. The molecule has 1 aromatic rings. The minimum Gasteiger partial charge on any atom is -0.464 e. The summed E-state index contributed by atoms with van der Waals surface area (Å²) in [6.07, 6.45) is 5.99. The van der Waals surface area contributed by atoms with Crippen LogP contribution >= 0.6 is 0 Å². The van der Waals surface area contributed by atoms with Crippen molar-refractivity contribution >= 4 is 30.1 Å². The van der Waals surface area contributed by atoms with Gasteiger partial charge in [-0.2, -0.15) is 0 Å². The maximum absolute atomic E-state index is 13.0. The van der Waals surface area contributed by atoms with Crippen LogP contribution in [0.3, 0.4) is 0 Å². The van der Waals surface area contributed by atoms with E-state index in [4.69, 9.17) is 4.74 Å². The Morgan fingerprint density at radius 2 is 1.66 bits per heavy atom. The molecule has 0 aliphatic carbocycles. The van der Waals surface area contributed by atoms with Gasteiger partial charge < -0.3 is 15.4 Å². The Kier molecular flexibility index (Phi) is 12.0. The number of benzene rings is 1. The summed E-state index contributed by atoms with van der Waals surface area (Å²) in [6.45, 7) is 11.1. The van der Waals surface area contributed by atoms with Crippen molar-refractivity contribution in [3.8, 4) is 0 Å². The highest BCUT2D eigenvalue weighted by Crippen LogP contribution is 2.12. The third-order valence-electron chi connectivity index (χ3n) is 5.11. The number of hydrogen-bond acceptors (Lipinski definition) is 5. The van der Waals surface area contributed by atoms with Gasteiger partial charge in [-0.05, 0) is 37.3 Å². The third-order valence-corrected chi connectivity index (χ3v) is 5.11. The van der Waals surface area contributed by atoms with Crippen molar-refractivity contribution in [2.45, 2.75) is 66.1 Å². The lowest BCUT2D eigenvalue weighted by atomic mass is 9.96. The van der Waals surface area contributed by atoms with Crippen LogP contribution in [-0.2, 0) is 19.1 Å². The summed E-state index contributed by atoms with van der Waals surface area (Å²) < 4.78 is 4.94. The van der Waals surface area contributed by atoms with Crippen molar-refractivity contribution in [2.24, 2.45) is 16.8 Å². The number of ether oxygens (including phenoxy) is 1. The van der Waals surface area contributed by atoms with Gasteiger partial charge in [-0.3, -0.25) is 14.6 Å². The quantitative estimate of drug-likeness (QED) is 0.382. The molecule has 0 heterocycles. The number of allylic oxidation sites excluding steroid dienone is 1. The van der Waals surface area contributed by atoms with Crippen LogP contribution in [0, 0.1) is 11.8 Å². The Balaban J connectivity index is 2.88. The number of nitrogens with one attached hydrogen (secondary N) is 2. The van der Waals surface area contributed by atoms with E-state index in [9.17, 15) is 14.4 Å². The van der Waals surface area contributed by atoms with Crippen LogP contribution in [0.1, 0.15) is 53.5 Å². The van der Waals surface area contributed by atoms with Crippen molar-refractivity contribution in [1.82, 2.24) is 10.6 Å². The number of esters is 1. The molecule has 0 aliphatic heterocycles. The summed E-state index contributed by atoms with van der Waals surface area (Å²) in [5.74, 6) is -1.43. The Morgan fingerprint density at radius 3 is 2.22 bits per heavy atom. The van der Waals surface area contributed by atoms with Crippen molar-refractivity contribution in [2.75, 3.05) is 6.61 Å². The number of nitrogens with zero attached hydrogens (tertiary/aromatic N) is 1. The van der Waals surface area contributed by atoms with Gasteiger partial charge in [-0.25, -0.2) is 4.79 Å². The lowest BCUT2D eigenvalue weighted by Crippen LogP contribution is -2.55. The van der Waals surface area contributed by atoms with Gasteiger partial charge >= 0.3 is 5.97 Å². The fourth-order valence-electron chi connectivity index (χ4n) is 2.97. The van der Waals surface area contributed by atoms with E-state index in [0.29, 0.717) is 6.42 Å². The highest BCUT2D eigenvalue weighted by Gasteiger charge is 2.31. The molecular formula is C25H37N3O4. The highest BCUT2D eigenvalue weighted by atomic mass is 16.5. The summed E-state index contributed by atoms with van der Waals surface area (Å²) in [5.41, 5.74) is 1.04. The lowest BCUT2D eigenvalue weighted by Gasteiger charge is -2.27. The molecule has 7 nitrogen and oxygen atoms in total. The van der Waals surface area contributed by atoms with Crippen LogP contribution in [0.2, 0.25) is 0 Å². The van der Waals surface area contributed by atoms with E-state index in [2.05, 4.69) is 15.6 Å². The zero-order valence-electron chi connectivity index (χ0n) is 20.0. The average molecular weight is 444 g/mol. The minimum atomic E-state index is -0.798. The van der Waals surface area contributed by atoms with Gasteiger partial charge in [-0.15, -0.1) is 0 Å². The largest absolute Gasteiger partial charge is 0.464 e. The van der Waals surface area contributed by atoms with Crippen LogP contribution in [-0.4, -0.2) is 48.7 Å². The third kappa shape index (κ3) is 9.04. The maximum atomic E-state index is 13.0. The predicted octanol–water partition coefficient (Wildman–Crippen LogP) is 3.39. The van der Waals surface area contributed by atoms with Crippen molar-refractivity contribution in [1.29, 1.82) is 0 Å². The molecule has 176 valence electrons. The van der Waals surface area contributed by atoms with Crippen LogP contribution in [0.25, 0.3) is 6.08 Å². The molecule has 0 saturated carbocycles. The molecule has 2 N–H and O–H groups in total. The van der Waals surface area contributed by atoms with Gasteiger partial charge in [0, 0.05) is 6.21 Å². The topological polar surface area (TPSA) is 96.9 Å². The SMILES string of the molecule is CCOC(=O)C(C)NC(=O)C(NC(=O)C(N=C/C=C/c1ccccc1)C(C)C)C(C)CC. The van der Waals surface area contributed by atoms with E-state index >= 15 is 0 Å². The van der Waals surface area contributed by atoms with Crippen molar-refractivity contribution in [3.05, 3.63) is 42.0 Å². The number of carbonyl (C=O) groups excluding carboxylic acids is 3. The second-order valence-electron chi connectivity index (χ2n) is 8.11. The number of aliphatic imine (C=N–C) groups is 1. The molecule has 7 heteroatoms. The number of rotatable bonds is 12. The van der Waals surface area contributed by atoms with Crippen LogP contribution in [0.15, 0.2) is 41.4 Å². The smallest absolute Gasteiger partial charge is 0.328 e. The van der Waals surface area contributed by atoms with Crippen LogP contribution in [0.5, 0.6) is 0 Å². The molecule has 2 amide bonds. The Labute approximate surface area is 191 Å². The van der Waals surface area contributed by atoms with Crippen molar-refractivity contribution in [3.63, 3.8) is 0 Å². The van der Waals surface area contributed by atoms with E-state index in [1.165, 1.54) is 0 Å². The van der Waals surface area contributed by atoms with Crippen LogP contribution < -0.4 is 10.6 Å². The van der Waals surface area contributed by atoms with E-state index < -0.39 is 30.0 Å². The molecule has 0 radical (unpaired) electrons. The standard InChI is InChI=1S/C25H37N3O4/c1-7-18(5)22(24(30)27-19(6)25(31)32-8-2)28-23(29)21(17(3)4)26-16-12-15-20-13-10-9-11-14-20/h9-19,21-22H,7-8H2,1-6H3,(H,27,30)(H,28,29)/b15-12+,26-16?. The monoisotopic (exact) mass is 443 g/mol. The maximum Gasteiger partial charge on any atom is 0.328 e. The first-order chi connectivity index (χ1) is 15.2. The summed E-state index contributed by atoms with van der Waals surface area (Å²) in [7, 11) is 0. The van der Waals surface area contributed by atoms with E-state index in [1.807, 2.05) is 64.1 Å². The molecule has 0 saturated heterocycles.